The topological polar surface area (TPSA) is 12.9 Å². The second-order valence-electron chi connectivity index (χ2n) is 4.97. The van der Waals surface area contributed by atoms with Crippen LogP contribution in [0.3, 0.4) is 0 Å². The van der Waals surface area contributed by atoms with Crippen molar-refractivity contribution in [1.82, 2.24) is 4.98 Å². The van der Waals surface area contributed by atoms with Gasteiger partial charge < -0.3 is 0 Å². The van der Waals surface area contributed by atoms with Gasteiger partial charge in [0.2, 0.25) is 0 Å². The van der Waals surface area contributed by atoms with E-state index in [-0.39, 0.29) is 0 Å². The summed E-state index contributed by atoms with van der Waals surface area (Å²) in [5, 5.41) is 3.45. The molecule has 0 aliphatic rings. The molecular formula is C17H11ClF3NS2. The predicted molar refractivity (Wildman–Crippen MR) is 93.6 cm³/mol. The Hall–Kier alpha value is -1.50. The second kappa shape index (κ2) is 7.17. The number of halogens is 4. The van der Waals surface area contributed by atoms with Crippen LogP contribution >= 0.6 is 34.7 Å². The summed E-state index contributed by atoms with van der Waals surface area (Å²) in [5.41, 5.74) is 1.18. The molecule has 0 amide bonds. The van der Waals surface area contributed by atoms with Gasteiger partial charge in [-0.25, -0.2) is 4.98 Å². The summed E-state index contributed by atoms with van der Waals surface area (Å²) in [4.78, 5) is 5.10. The van der Waals surface area contributed by atoms with Gasteiger partial charge in [0.1, 0.15) is 5.01 Å². The summed E-state index contributed by atoms with van der Waals surface area (Å²) >= 11 is 8.71. The van der Waals surface area contributed by atoms with E-state index in [0.717, 1.165) is 28.4 Å². The lowest BCUT2D eigenvalue weighted by Gasteiger charge is -2.07. The minimum Gasteiger partial charge on any atom is -0.240 e. The molecule has 0 N–H and O–H groups in total. The average molecular weight is 386 g/mol. The molecule has 0 bridgehead atoms. The van der Waals surface area contributed by atoms with Crippen LogP contribution < -0.4 is 0 Å². The first kappa shape index (κ1) is 17.3. The number of rotatable bonds is 4. The number of thiazole rings is 1. The van der Waals surface area contributed by atoms with E-state index in [1.54, 1.807) is 18.2 Å². The molecule has 0 saturated heterocycles. The van der Waals surface area contributed by atoms with Crippen LogP contribution in [0.2, 0.25) is 5.02 Å². The first-order chi connectivity index (χ1) is 11.4. The van der Waals surface area contributed by atoms with Crippen LogP contribution in [0.25, 0.3) is 10.6 Å². The highest BCUT2D eigenvalue weighted by atomic mass is 35.5. The van der Waals surface area contributed by atoms with Crippen molar-refractivity contribution in [2.45, 2.75) is 16.8 Å². The van der Waals surface area contributed by atoms with Gasteiger partial charge in [-0.1, -0.05) is 29.8 Å². The molecule has 0 atom stereocenters. The normalized spacial score (nSPS) is 11.7. The second-order valence-corrected chi connectivity index (χ2v) is 7.31. The Morgan fingerprint density at radius 3 is 2.54 bits per heavy atom. The van der Waals surface area contributed by atoms with Crippen LogP contribution in [-0.2, 0) is 11.9 Å². The maximum absolute atomic E-state index is 12.7. The summed E-state index contributed by atoms with van der Waals surface area (Å²) < 4.78 is 38.2. The highest BCUT2D eigenvalue weighted by Gasteiger charge is 2.30. The largest absolute Gasteiger partial charge is 0.416 e. The van der Waals surface area contributed by atoms with Gasteiger partial charge in [-0.05, 0) is 30.3 Å². The van der Waals surface area contributed by atoms with E-state index in [0.29, 0.717) is 15.7 Å². The minimum absolute atomic E-state index is 0.519. The van der Waals surface area contributed by atoms with Crippen LogP contribution in [-0.4, -0.2) is 4.98 Å². The number of nitrogens with zero attached hydrogens (tertiary/aromatic N) is 1. The minimum atomic E-state index is -4.32. The van der Waals surface area contributed by atoms with Crippen LogP contribution in [0.15, 0.2) is 58.8 Å². The first-order valence-corrected chi connectivity index (χ1v) is 9.16. The van der Waals surface area contributed by atoms with E-state index in [9.17, 15) is 13.2 Å². The van der Waals surface area contributed by atoms with Gasteiger partial charge in [0.05, 0.1) is 11.3 Å². The molecule has 124 valence electrons. The van der Waals surface area contributed by atoms with Gasteiger partial charge in [0.15, 0.2) is 0 Å². The maximum atomic E-state index is 12.7. The summed E-state index contributed by atoms with van der Waals surface area (Å²) in [7, 11) is 0. The fourth-order valence-electron chi connectivity index (χ4n) is 2.02. The smallest absolute Gasteiger partial charge is 0.240 e. The fraction of sp³-hybridized carbons (Fsp3) is 0.118. The van der Waals surface area contributed by atoms with Gasteiger partial charge in [-0.3, -0.25) is 0 Å². The maximum Gasteiger partial charge on any atom is 0.416 e. The number of benzene rings is 2. The zero-order valence-corrected chi connectivity index (χ0v) is 14.6. The lowest BCUT2D eigenvalue weighted by atomic mass is 10.2. The van der Waals surface area contributed by atoms with Gasteiger partial charge in [-0.15, -0.1) is 23.1 Å². The van der Waals surface area contributed by atoms with Gasteiger partial charge in [0, 0.05) is 26.6 Å². The van der Waals surface area contributed by atoms with Crippen molar-refractivity contribution in [3.63, 3.8) is 0 Å². The van der Waals surface area contributed by atoms with Crippen molar-refractivity contribution in [1.29, 1.82) is 0 Å². The number of alkyl halides is 3. The Labute approximate surface area is 150 Å². The molecule has 24 heavy (non-hydrogen) atoms. The quantitative estimate of drug-likeness (QED) is 0.459. The van der Waals surface area contributed by atoms with Crippen LogP contribution in [0.5, 0.6) is 0 Å². The van der Waals surface area contributed by atoms with E-state index in [4.69, 9.17) is 11.6 Å². The molecule has 1 heterocycles. The Morgan fingerprint density at radius 2 is 1.83 bits per heavy atom. The average Bonchev–Trinajstić information content (AvgIpc) is 3.02. The zero-order valence-electron chi connectivity index (χ0n) is 12.2. The van der Waals surface area contributed by atoms with Crippen molar-refractivity contribution in [2.24, 2.45) is 0 Å². The molecule has 1 nitrogen and oxygen atoms in total. The molecule has 0 radical (unpaired) electrons. The van der Waals surface area contributed by atoms with Crippen molar-refractivity contribution in [3.8, 4) is 10.6 Å². The molecule has 0 spiro atoms. The Morgan fingerprint density at radius 1 is 1.08 bits per heavy atom. The monoisotopic (exact) mass is 385 g/mol. The molecule has 0 aliphatic heterocycles. The highest BCUT2D eigenvalue weighted by Crippen LogP contribution is 2.33. The van der Waals surface area contributed by atoms with Crippen LogP contribution in [0, 0.1) is 0 Å². The molecule has 2 aromatic carbocycles. The molecule has 7 heteroatoms. The molecule has 0 unspecified atom stereocenters. The van der Waals surface area contributed by atoms with E-state index in [2.05, 4.69) is 4.98 Å². The number of aromatic nitrogens is 1. The molecule has 3 rings (SSSR count). The van der Waals surface area contributed by atoms with E-state index in [1.807, 2.05) is 17.5 Å². The summed E-state index contributed by atoms with van der Waals surface area (Å²) in [6, 6.07) is 12.7. The van der Waals surface area contributed by atoms with E-state index >= 15 is 0 Å². The third-order valence-electron chi connectivity index (χ3n) is 3.19. The SMILES string of the molecule is FC(F)(F)c1cccc(SCc2csc(-c3ccc(Cl)cc3)n2)c1. The molecule has 0 fully saturated rings. The third-order valence-corrected chi connectivity index (χ3v) is 5.41. The Balaban J connectivity index is 1.69. The van der Waals surface area contributed by atoms with Crippen LogP contribution in [0.1, 0.15) is 11.3 Å². The molecule has 0 aliphatic carbocycles. The van der Waals surface area contributed by atoms with Gasteiger partial charge in [0.25, 0.3) is 0 Å². The first-order valence-electron chi connectivity index (χ1n) is 6.92. The van der Waals surface area contributed by atoms with Crippen LogP contribution in [0.4, 0.5) is 13.2 Å². The van der Waals surface area contributed by atoms with E-state index in [1.165, 1.54) is 29.2 Å². The molecule has 1 aromatic heterocycles. The van der Waals surface area contributed by atoms with Crippen molar-refractivity contribution >= 4 is 34.7 Å². The molecule has 0 saturated carbocycles. The van der Waals surface area contributed by atoms with Gasteiger partial charge >= 0.3 is 6.18 Å². The Bertz CT molecular complexity index is 828. The molecule has 3 aromatic rings. The summed E-state index contributed by atoms with van der Waals surface area (Å²) in [5.74, 6) is 0.519. The van der Waals surface area contributed by atoms with Gasteiger partial charge in [-0.2, -0.15) is 13.2 Å². The lowest BCUT2D eigenvalue weighted by Crippen LogP contribution is -2.04. The Kier molecular flexibility index (Phi) is 5.18. The van der Waals surface area contributed by atoms with Crippen molar-refractivity contribution < 1.29 is 13.2 Å². The molecular weight excluding hydrogens is 375 g/mol. The number of hydrogen-bond acceptors (Lipinski definition) is 3. The number of thioether (sulfide) groups is 1. The zero-order chi connectivity index (χ0) is 17.2. The fourth-order valence-corrected chi connectivity index (χ4v) is 3.92. The lowest BCUT2D eigenvalue weighted by molar-refractivity contribution is -0.137. The predicted octanol–water partition coefficient (Wildman–Crippen LogP) is 6.77. The van der Waals surface area contributed by atoms with Crippen molar-refractivity contribution in [3.05, 3.63) is 70.2 Å². The standard InChI is InChI=1S/C17H11ClF3NS2/c18-13-6-4-11(5-7-13)16-22-14(10-24-16)9-23-15-3-1-2-12(8-15)17(19,20)21/h1-8,10H,9H2. The van der Waals surface area contributed by atoms with Crippen molar-refractivity contribution in [2.75, 3.05) is 0 Å². The number of hydrogen-bond donors (Lipinski definition) is 0. The summed E-state index contributed by atoms with van der Waals surface area (Å²) in [6.45, 7) is 0. The van der Waals surface area contributed by atoms with E-state index < -0.39 is 11.7 Å². The highest BCUT2D eigenvalue weighted by molar-refractivity contribution is 7.98. The summed E-state index contributed by atoms with van der Waals surface area (Å²) in [6.07, 6.45) is -4.32. The third kappa shape index (κ3) is 4.32.